The van der Waals surface area contributed by atoms with E-state index in [-0.39, 0.29) is 0 Å². The quantitative estimate of drug-likeness (QED) is 0.146. The monoisotopic (exact) mass is 742 g/mol. The first-order chi connectivity index (χ1) is 28.7. The molecule has 0 spiro atoms. The van der Waals surface area contributed by atoms with Gasteiger partial charge < -0.3 is 4.42 Å². The maximum Gasteiger partial charge on any atom is 0.180 e. The minimum Gasteiger partial charge on any atom is -0.452 e. The molecule has 58 heavy (non-hydrogen) atoms. The highest BCUT2D eigenvalue weighted by atomic mass is 16.3. The van der Waals surface area contributed by atoms with Crippen molar-refractivity contribution in [1.29, 1.82) is 0 Å². The van der Waals surface area contributed by atoms with Gasteiger partial charge >= 0.3 is 0 Å². The number of allylic oxidation sites excluding steroid dienone is 3. The molecule has 0 aliphatic heterocycles. The Morgan fingerprint density at radius 2 is 0.983 bits per heavy atom. The first-order valence-electron chi connectivity index (χ1n) is 19.7. The summed E-state index contributed by atoms with van der Waals surface area (Å²) in [5.74, 6) is 0.649. The fourth-order valence-corrected chi connectivity index (χ4v) is 8.06. The van der Waals surface area contributed by atoms with Crippen LogP contribution in [0.15, 0.2) is 211 Å². The lowest BCUT2D eigenvalue weighted by Crippen LogP contribution is -1.95. The van der Waals surface area contributed by atoms with E-state index in [4.69, 9.17) is 14.4 Å². The van der Waals surface area contributed by atoms with Gasteiger partial charge in [-0.3, -0.25) is 0 Å². The predicted octanol–water partition coefficient (Wildman–Crippen LogP) is 15.1. The molecule has 0 fully saturated rings. The Morgan fingerprint density at radius 1 is 0.431 bits per heavy atom. The van der Waals surface area contributed by atoms with Crippen LogP contribution in [-0.4, -0.2) is 9.97 Å². The fourth-order valence-electron chi connectivity index (χ4n) is 8.06. The summed E-state index contributed by atoms with van der Waals surface area (Å²) < 4.78 is 6.49. The van der Waals surface area contributed by atoms with Crippen molar-refractivity contribution in [2.45, 2.75) is 6.92 Å². The molecule has 0 N–H and O–H groups in total. The minimum absolute atomic E-state index is 0.649. The van der Waals surface area contributed by atoms with Crippen LogP contribution in [0, 0.1) is 0 Å². The minimum atomic E-state index is 0.649. The molecule has 3 heteroatoms. The van der Waals surface area contributed by atoms with Crippen molar-refractivity contribution < 1.29 is 4.42 Å². The Kier molecular flexibility index (Phi) is 9.09. The van der Waals surface area contributed by atoms with Gasteiger partial charge in [-0.1, -0.05) is 176 Å². The molecule has 2 aromatic heterocycles. The number of nitrogens with zero attached hydrogens (tertiary/aromatic N) is 2. The van der Waals surface area contributed by atoms with E-state index < -0.39 is 0 Å². The SMILES string of the molecule is C/C=C\C=C/c1cc(-c2ccccc2)c2ccccc2c1-c1cccc(-c2cccc(-c3nc(-c4cccc(-c5ccccc5)c4)c4oc5ccccc5c4n3)c2)c1. The van der Waals surface area contributed by atoms with Gasteiger partial charge in [-0.15, -0.1) is 0 Å². The summed E-state index contributed by atoms with van der Waals surface area (Å²) in [5.41, 5.74) is 15.4. The number of hydrogen-bond donors (Lipinski definition) is 0. The Hall–Kier alpha value is -7.62. The van der Waals surface area contributed by atoms with Gasteiger partial charge in [0.15, 0.2) is 11.4 Å². The van der Waals surface area contributed by atoms with Crippen molar-refractivity contribution in [3.8, 4) is 67.2 Å². The number of furan rings is 1. The predicted molar refractivity (Wildman–Crippen MR) is 243 cm³/mol. The van der Waals surface area contributed by atoms with Gasteiger partial charge in [0.25, 0.3) is 0 Å². The van der Waals surface area contributed by atoms with Crippen LogP contribution in [-0.2, 0) is 0 Å². The van der Waals surface area contributed by atoms with Crippen LogP contribution in [0.4, 0.5) is 0 Å². The van der Waals surface area contributed by atoms with Gasteiger partial charge in [0.2, 0.25) is 0 Å². The zero-order valence-electron chi connectivity index (χ0n) is 32.0. The Bertz CT molecular complexity index is 3170. The molecule has 8 aromatic carbocycles. The number of fused-ring (bicyclic) bond motifs is 4. The fraction of sp³-hybridized carbons (Fsp3) is 0.0182. The zero-order chi connectivity index (χ0) is 38.8. The lowest BCUT2D eigenvalue weighted by atomic mass is 9.87. The van der Waals surface area contributed by atoms with Gasteiger partial charge in [0, 0.05) is 16.5 Å². The molecule has 0 aliphatic rings. The van der Waals surface area contributed by atoms with E-state index in [1.807, 2.05) is 31.2 Å². The summed E-state index contributed by atoms with van der Waals surface area (Å²) in [7, 11) is 0. The summed E-state index contributed by atoms with van der Waals surface area (Å²) in [6, 6.07) is 66.2. The van der Waals surface area contributed by atoms with E-state index in [9.17, 15) is 0 Å². The van der Waals surface area contributed by atoms with E-state index in [0.29, 0.717) is 11.4 Å². The molecular formula is C55H38N2O. The number of benzene rings is 8. The molecule has 10 rings (SSSR count). The van der Waals surface area contributed by atoms with Crippen molar-refractivity contribution in [2.75, 3.05) is 0 Å². The van der Waals surface area contributed by atoms with Crippen LogP contribution in [0.3, 0.4) is 0 Å². The lowest BCUT2D eigenvalue weighted by molar-refractivity contribution is 0.667. The maximum atomic E-state index is 6.49. The van der Waals surface area contributed by atoms with E-state index in [1.165, 1.54) is 33.0 Å². The van der Waals surface area contributed by atoms with Crippen molar-refractivity contribution in [3.05, 3.63) is 212 Å². The molecular weight excluding hydrogens is 705 g/mol. The largest absolute Gasteiger partial charge is 0.452 e. The zero-order valence-corrected chi connectivity index (χ0v) is 32.0. The first kappa shape index (κ1) is 34.8. The van der Waals surface area contributed by atoms with Crippen molar-refractivity contribution >= 4 is 38.9 Å². The highest BCUT2D eigenvalue weighted by Gasteiger charge is 2.19. The van der Waals surface area contributed by atoms with Crippen LogP contribution >= 0.6 is 0 Å². The average molecular weight is 743 g/mol. The smallest absolute Gasteiger partial charge is 0.180 e. The van der Waals surface area contributed by atoms with Crippen LogP contribution < -0.4 is 0 Å². The molecule has 0 atom stereocenters. The summed E-state index contributed by atoms with van der Waals surface area (Å²) in [6.07, 6.45) is 8.49. The first-order valence-corrected chi connectivity index (χ1v) is 19.7. The second-order valence-corrected chi connectivity index (χ2v) is 14.5. The van der Waals surface area contributed by atoms with E-state index in [0.717, 1.165) is 61.1 Å². The van der Waals surface area contributed by atoms with Crippen LogP contribution in [0.1, 0.15) is 12.5 Å². The van der Waals surface area contributed by atoms with E-state index in [2.05, 4.69) is 188 Å². The summed E-state index contributed by atoms with van der Waals surface area (Å²) in [6.45, 7) is 2.05. The standard InChI is InChI=1S/C55H38N2O/c1-2-3-6-22-43-36-49(38-20-9-5-10-21-38)46-29-11-12-30-47(46)51(43)42-26-15-24-40(33-42)41-25-17-28-45(35-41)55-56-52(54-53(57-55)48-31-13-14-32-50(48)58-54)44-27-16-23-39(34-44)37-18-7-4-8-19-37/h2-36H,1H3/b3-2-,22-6-. The Balaban J connectivity index is 1.11. The van der Waals surface area contributed by atoms with Gasteiger partial charge in [-0.25, -0.2) is 9.97 Å². The third-order valence-electron chi connectivity index (χ3n) is 10.8. The van der Waals surface area contributed by atoms with Crippen LogP contribution in [0.2, 0.25) is 0 Å². The summed E-state index contributed by atoms with van der Waals surface area (Å²) >= 11 is 0. The van der Waals surface area contributed by atoms with Crippen LogP contribution in [0.5, 0.6) is 0 Å². The van der Waals surface area contributed by atoms with Gasteiger partial charge in [-0.2, -0.15) is 0 Å². The van der Waals surface area contributed by atoms with E-state index >= 15 is 0 Å². The topological polar surface area (TPSA) is 38.9 Å². The molecule has 0 saturated heterocycles. The average Bonchev–Trinajstić information content (AvgIpc) is 3.68. The Morgan fingerprint density at radius 3 is 1.72 bits per heavy atom. The number of hydrogen-bond acceptors (Lipinski definition) is 3. The molecule has 0 aliphatic carbocycles. The molecule has 2 heterocycles. The second kappa shape index (κ2) is 15.1. The number of rotatable bonds is 8. The summed E-state index contributed by atoms with van der Waals surface area (Å²) in [5, 5.41) is 3.41. The third kappa shape index (κ3) is 6.49. The molecule has 3 nitrogen and oxygen atoms in total. The van der Waals surface area contributed by atoms with Gasteiger partial charge in [0.1, 0.15) is 16.8 Å². The number of para-hydroxylation sites is 1. The highest BCUT2D eigenvalue weighted by molar-refractivity contribution is 6.09. The third-order valence-corrected chi connectivity index (χ3v) is 10.8. The molecule has 0 amide bonds. The molecule has 274 valence electrons. The van der Waals surface area contributed by atoms with Crippen molar-refractivity contribution in [3.63, 3.8) is 0 Å². The lowest BCUT2D eigenvalue weighted by Gasteiger charge is -2.17. The van der Waals surface area contributed by atoms with Crippen molar-refractivity contribution in [1.82, 2.24) is 9.97 Å². The molecule has 10 aromatic rings. The van der Waals surface area contributed by atoms with Gasteiger partial charge in [-0.05, 0) is 104 Å². The highest BCUT2D eigenvalue weighted by Crippen LogP contribution is 2.41. The van der Waals surface area contributed by atoms with Crippen LogP contribution in [0.25, 0.3) is 106 Å². The second-order valence-electron chi connectivity index (χ2n) is 14.5. The van der Waals surface area contributed by atoms with E-state index in [1.54, 1.807) is 0 Å². The molecule has 0 bridgehead atoms. The molecule has 0 radical (unpaired) electrons. The maximum absolute atomic E-state index is 6.49. The molecule has 0 unspecified atom stereocenters. The van der Waals surface area contributed by atoms with Gasteiger partial charge in [0.05, 0.1) is 0 Å². The summed E-state index contributed by atoms with van der Waals surface area (Å²) in [4.78, 5) is 10.5. The van der Waals surface area contributed by atoms with Crippen molar-refractivity contribution in [2.24, 2.45) is 0 Å². The molecule has 0 saturated carbocycles. The normalized spacial score (nSPS) is 11.7. The number of aromatic nitrogens is 2. The Labute approximate surface area is 337 Å².